The molecule has 7 heteroatoms. The van der Waals surface area contributed by atoms with Gasteiger partial charge in [-0.15, -0.1) is 0 Å². The molecule has 5 nitrogen and oxygen atoms in total. The van der Waals surface area contributed by atoms with Crippen molar-refractivity contribution < 1.29 is 18.8 Å². The number of rotatable bonds is 4. The summed E-state index contributed by atoms with van der Waals surface area (Å²) in [5.41, 5.74) is 4.78. The molecule has 0 aliphatic carbocycles. The molecular formula is C10H11F2N3O2. The van der Waals surface area contributed by atoms with E-state index < -0.39 is 17.5 Å². The minimum atomic E-state index is -1.20. The van der Waals surface area contributed by atoms with Gasteiger partial charge in [-0.25, -0.2) is 8.78 Å². The second-order valence-corrected chi connectivity index (χ2v) is 3.20. The zero-order valence-corrected chi connectivity index (χ0v) is 8.78. The Kier molecular flexibility index (Phi) is 4.38. The van der Waals surface area contributed by atoms with E-state index in [9.17, 15) is 13.6 Å². The van der Waals surface area contributed by atoms with Gasteiger partial charge in [-0.2, -0.15) is 0 Å². The number of nitrogens with two attached hydrogens (primary N) is 1. The topological polar surface area (TPSA) is 87.7 Å². The van der Waals surface area contributed by atoms with Crippen LogP contribution in [0.4, 0.5) is 8.78 Å². The lowest BCUT2D eigenvalue weighted by Gasteiger charge is -2.05. The lowest BCUT2D eigenvalue weighted by molar-refractivity contribution is 0.0949. The van der Waals surface area contributed by atoms with Crippen LogP contribution in [0.2, 0.25) is 0 Å². The van der Waals surface area contributed by atoms with Gasteiger partial charge in [0.1, 0.15) is 5.84 Å². The first kappa shape index (κ1) is 12.9. The van der Waals surface area contributed by atoms with Crippen LogP contribution in [0, 0.1) is 11.6 Å². The number of carbonyl (C=O) groups is 1. The summed E-state index contributed by atoms with van der Waals surface area (Å²) >= 11 is 0. The Morgan fingerprint density at radius 1 is 1.47 bits per heavy atom. The fourth-order valence-electron chi connectivity index (χ4n) is 1.13. The van der Waals surface area contributed by atoms with Crippen LogP contribution in [0.3, 0.4) is 0 Å². The summed E-state index contributed by atoms with van der Waals surface area (Å²) in [6.45, 7) is 0.0602. The molecule has 0 aromatic heterocycles. The van der Waals surface area contributed by atoms with Crippen molar-refractivity contribution in [3.8, 4) is 0 Å². The largest absolute Gasteiger partial charge is 0.409 e. The van der Waals surface area contributed by atoms with Crippen LogP contribution < -0.4 is 11.1 Å². The second kappa shape index (κ2) is 5.78. The summed E-state index contributed by atoms with van der Waals surface area (Å²) in [6.07, 6.45) is 0.110. The molecule has 1 rings (SSSR count). The van der Waals surface area contributed by atoms with Gasteiger partial charge >= 0.3 is 0 Å². The van der Waals surface area contributed by atoms with Crippen LogP contribution in [0.15, 0.2) is 23.4 Å². The van der Waals surface area contributed by atoms with Crippen LogP contribution >= 0.6 is 0 Å². The molecule has 17 heavy (non-hydrogen) atoms. The zero-order chi connectivity index (χ0) is 12.8. The fraction of sp³-hybridized carbons (Fsp3) is 0.200. The Bertz CT molecular complexity index is 449. The summed E-state index contributed by atoms with van der Waals surface area (Å²) in [7, 11) is 0. The standard InChI is InChI=1S/C10H11F2N3O2/c11-7-3-1-2-6(9(7)12)10(16)14-5-4-8(13)15-17/h1-3,17H,4-5H2,(H2,13,15)(H,14,16). The highest BCUT2D eigenvalue weighted by Gasteiger charge is 2.14. The molecule has 1 aromatic carbocycles. The van der Waals surface area contributed by atoms with E-state index in [2.05, 4.69) is 10.5 Å². The fourth-order valence-corrected chi connectivity index (χ4v) is 1.13. The smallest absolute Gasteiger partial charge is 0.254 e. The minimum Gasteiger partial charge on any atom is -0.409 e. The van der Waals surface area contributed by atoms with Crippen molar-refractivity contribution in [3.05, 3.63) is 35.4 Å². The van der Waals surface area contributed by atoms with Gasteiger partial charge in [0.05, 0.1) is 5.56 Å². The van der Waals surface area contributed by atoms with Crippen LogP contribution in [-0.4, -0.2) is 23.5 Å². The molecule has 0 aliphatic rings. The van der Waals surface area contributed by atoms with Crippen molar-refractivity contribution in [2.45, 2.75) is 6.42 Å². The molecule has 0 radical (unpaired) electrons. The molecular weight excluding hydrogens is 232 g/mol. The van der Waals surface area contributed by atoms with E-state index in [0.717, 1.165) is 12.1 Å². The SMILES string of the molecule is NC(CCNC(=O)c1cccc(F)c1F)=NO. The highest BCUT2D eigenvalue weighted by molar-refractivity contribution is 5.94. The van der Waals surface area contributed by atoms with Gasteiger partial charge in [-0.05, 0) is 12.1 Å². The number of hydrogen-bond acceptors (Lipinski definition) is 3. The maximum Gasteiger partial charge on any atom is 0.254 e. The first-order chi connectivity index (χ1) is 8.06. The molecule has 0 spiro atoms. The third kappa shape index (κ3) is 3.40. The molecule has 4 N–H and O–H groups in total. The van der Waals surface area contributed by atoms with Crippen molar-refractivity contribution in [2.75, 3.05) is 6.54 Å². The van der Waals surface area contributed by atoms with Gasteiger partial charge in [-0.1, -0.05) is 11.2 Å². The quantitative estimate of drug-likeness (QED) is 0.317. The molecule has 0 aliphatic heterocycles. The average Bonchev–Trinajstić information content (AvgIpc) is 2.32. The molecule has 0 saturated heterocycles. The highest BCUT2D eigenvalue weighted by atomic mass is 19.2. The lowest BCUT2D eigenvalue weighted by Crippen LogP contribution is -2.28. The maximum atomic E-state index is 13.2. The molecule has 1 amide bonds. The number of nitrogens with one attached hydrogen (secondary N) is 1. The Balaban J connectivity index is 2.62. The number of oxime groups is 1. The normalized spacial score (nSPS) is 11.3. The Morgan fingerprint density at radius 2 is 2.18 bits per heavy atom. The molecule has 0 fully saturated rings. The van der Waals surface area contributed by atoms with Crippen molar-refractivity contribution >= 4 is 11.7 Å². The predicted molar refractivity (Wildman–Crippen MR) is 56.7 cm³/mol. The van der Waals surface area contributed by atoms with E-state index >= 15 is 0 Å². The molecule has 0 saturated carbocycles. The van der Waals surface area contributed by atoms with Crippen LogP contribution in [0.25, 0.3) is 0 Å². The van der Waals surface area contributed by atoms with Crippen LogP contribution in [0.1, 0.15) is 16.8 Å². The van der Waals surface area contributed by atoms with Crippen molar-refractivity contribution in [1.29, 1.82) is 0 Å². The first-order valence-corrected chi connectivity index (χ1v) is 4.75. The molecule has 0 atom stereocenters. The number of benzene rings is 1. The van der Waals surface area contributed by atoms with Gasteiger partial charge in [-0.3, -0.25) is 4.79 Å². The summed E-state index contributed by atoms with van der Waals surface area (Å²) in [6, 6.07) is 3.32. The third-order valence-electron chi connectivity index (χ3n) is 1.99. The van der Waals surface area contributed by atoms with E-state index in [4.69, 9.17) is 10.9 Å². The second-order valence-electron chi connectivity index (χ2n) is 3.20. The zero-order valence-electron chi connectivity index (χ0n) is 8.78. The van der Waals surface area contributed by atoms with Gasteiger partial charge in [0.25, 0.3) is 5.91 Å². The average molecular weight is 243 g/mol. The predicted octanol–water partition coefficient (Wildman–Crippen LogP) is 0.831. The molecule has 1 aromatic rings. The van der Waals surface area contributed by atoms with Crippen molar-refractivity contribution in [2.24, 2.45) is 10.9 Å². The van der Waals surface area contributed by atoms with Crippen molar-refractivity contribution in [1.82, 2.24) is 5.32 Å². The summed E-state index contributed by atoms with van der Waals surface area (Å²) in [5.74, 6) is -3.11. The van der Waals surface area contributed by atoms with Gasteiger partial charge in [0, 0.05) is 13.0 Å². The lowest BCUT2D eigenvalue weighted by atomic mass is 10.2. The Morgan fingerprint density at radius 3 is 2.82 bits per heavy atom. The molecule has 0 unspecified atom stereocenters. The monoisotopic (exact) mass is 243 g/mol. The number of halogens is 2. The van der Waals surface area contributed by atoms with Crippen LogP contribution in [-0.2, 0) is 0 Å². The highest BCUT2D eigenvalue weighted by Crippen LogP contribution is 2.10. The summed E-state index contributed by atoms with van der Waals surface area (Å²) < 4.78 is 26.0. The van der Waals surface area contributed by atoms with Crippen molar-refractivity contribution in [3.63, 3.8) is 0 Å². The van der Waals surface area contributed by atoms with Gasteiger partial charge in [0.2, 0.25) is 0 Å². The summed E-state index contributed by atoms with van der Waals surface area (Å²) in [5, 5.41) is 13.3. The number of amides is 1. The van der Waals surface area contributed by atoms with Crippen LogP contribution in [0.5, 0.6) is 0 Å². The number of nitrogens with zero attached hydrogens (tertiary/aromatic N) is 1. The first-order valence-electron chi connectivity index (χ1n) is 4.75. The van der Waals surface area contributed by atoms with E-state index in [-0.39, 0.29) is 24.4 Å². The third-order valence-corrected chi connectivity index (χ3v) is 1.99. The Labute approximate surface area is 95.9 Å². The molecule has 92 valence electrons. The van der Waals surface area contributed by atoms with Gasteiger partial charge < -0.3 is 16.3 Å². The van der Waals surface area contributed by atoms with E-state index in [1.54, 1.807) is 0 Å². The number of carbonyl (C=O) groups excluding carboxylic acids is 1. The van der Waals surface area contributed by atoms with E-state index in [1.807, 2.05) is 0 Å². The van der Waals surface area contributed by atoms with Gasteiger partial charge in [0.15, 0.2) is 11.6 Å². The molecule has 0 heterocycles. The van der Waals surface area contributed by atoms with E-state index in [0.29, 0.717) is 0 Å². The number of hydrogen-bond donors (Lipinski definition) is 3. The number of amidine groups is 1. The maximum absolute atomic E-state index is 13.2. The Hall–Kier alpha value is -2.18. The summed E-state index contributed by atoms with van der Waals surface area (Å²) in [4.78, 5) is 11.4. The molecule has 0 bridgehead atoms. The van der Waals surface area contributed by atoms with E-state index in [1.165, 1.54) is 6.07 Å². The minimum absolute atomic E-state index is 0.0602.